The lowest BCUT2D eigenvalue weighted by Gasteiger charge is -2.17. The van der Waals surface area contributed by atoms with Gasteiger partial charge in [-0.15, -0.1) is 0 Å². The van der Waals surface area contributed by atoms with Crippen LogP contribution in [0.1, 0.15) is 26.7 Å². The van der Waals surface area contributed by atoms with E-state index in [1.54, 1.807) is 11.8 Å². The average molecular weight is 246 g/mol. The zero-order valence-electron chi connectivity index (χ0n) is 10.2. The second kappa shape index (κ2) is 8.58. The summed E-state index contributed by atoms with van der Waals surface area (Å²) >= 11 is 1.65. The predicted octanol–water partition coefficient (Wildman–Crippen LogP) is 0.797. The van der Waals surface area contributed by atoms with Crippen LogP contribution in [0.4, 0.5) is 0 Å². The van der Waals surface area contributed by atoms with Crippen molar-refractivity contribution in [2.45, 2.75) is 38.8 Å². The van der Waals surface area contributed by atoms with E-state index in [0.717, 1.165) is 12.0 Å². The summed E-state index contributed by atoms with van der Waals surface area (Å²) in [5.74, 6) is 0.997. The lowest BCUT2D eigenvalue weighted by Crippen LogP contribution is -2.46. The van der Waals surface area contributed by atoms with E-state index in [2.05, 4.69) is 5.32 Å². The van der Waals surface area contributed by atoms with Crippen LogP contribution in [0.25, 0.3) is 0 Å². The van der Waals surface area contributed by atoms with E-state index in [1.165, 1.54) is 0 Å². The van der Waals surface area contributed by atoms with Crippen molar-refractivity contribution in [2.24, 2.45) is 11.7 Å². The van der Waals surface area contributed by atoms with Gasteiger partial charge in [0.25, 0.3) is 0 Å². The van der Waals surface area contributed by atoms with Crippen molar-refractivity contribution in [1.29, 1.82) is 0 Å². The SMILES string of the molecule is CSCC[C@@H](C=O)NC(=O)[C@@H](N)CC(C)C. The number of thioether (sulfide) groups is 1. The Balaban J connectivity index is 4.03. The minimum Gasteiger partial charge on any atom is -0.345 e. The third kappa shape index (κ3) is 6.85. The van der Waals surface area contributed by atoms with E-state index >= 15 is 0 Å². The Labute approximate surface area is 102 Å². The first kappa shape index (κ1) is 15.4. The number of rotatable bonds is 8. The second-order valence-electron chi connectivity index (χ2n) is 4.27. The van der Waals surface area contributed by atoms with Gasteiger partial charge >= 0.3 is 0 Å². The van der Waals surface area contributed by atoms with E-state index in [0.29, 0.717) is 18.8 Å². The van der Waals surface area contributed by atoms with Crippen LogP contribution >= 0.6 is 11.8 Å². The molecule has 94 valence electrons. The number of carbonyl (C=O) groups excluding carboxylic acids is 2. The molecule has 0 aliphatic rings. The molecule has 0 aliphatic heterocycles. The third-order valence-corrected chi connectivity index (χ3v) is 2.83. The monoisotopic (exact) mass is 246 g/mol. The Morgan fingerprint density at radius 3 is 2.56 bits per heavy atom. The maximum Gasteiger partial charge on any atom is 0.237 e. The van der Waals surface area contributed by atoms with Crippen LogP contribution in [-0.4, -0.2) is 36.3 Å². The molecule has 0 aromatic heterocycles. The molecule has 0 saturated heterocycles. The van der Waals surface area contributed by atoms with Gasteiger partial charge in [0.1, 0.15) is 6.29 Å². The lowest BCUT2D eigenvalue weighted by molar-refractivity contribution is -0.125. The van der Waals surface area contributed by atoms with Crippen molar-refractivity contribution in [2.75, 3.05) is 12.0 Å². The van der Waals surface area contributed by atoms with Gasteiger partial charge in [0, 0.05) is 0 Å². The molecule has 0 aliphatic carbocycles. The fraction of sp³-hybridized carbons (Fsp3) is 0.818. The summed E-state index contributed by atoms with van der Waals surface area (Å²) < 4.78 is 0. The molecular formula is C11H22N2O2S. The van der Waals surface area contributed by atoms with Crippen LogP contribution in [-0.2, 0) is 9.59 Å². The van der Waals surface area contributed by atoms with Gasteiger partial charge < -0.3 is 15.8 Å². The first-order valence-corrected chi connectivity index (χ1v) is 6.90. The molecule has 0 heterocycles. The Bertz CT molecular complexity index is 222. The molecule has 0 bridgehead atoms. The van der Waals surface area contributed by atoms with Gasteiger partial charge in [-0.05, 0) is 30.8 Å². The number of carbonyl (C=O) groups is 2. The highest BCUT2D eigenvalue weighted by Crippen LogP contribution is 2.04. The van der Waals surface area contributed by atoms with Gasteiger partial charge in [0.05, 0.1) is 12.1 Å². The molecular weight excluding hydrogens is 224 g/mol. The molecule has 1 amide bonds. The molecule has 0 unspecified atom stereocenters. The van der Waals surface area contributed by atoms with Gasteiger partial charge in [0.2, 0.25) is 5.91 Å². The zero-order valence-corrected chi connectivity index (χ0v) is 11.0. The molecule has 0 aromatic rings. The van der Waals surface area contributed by atoms with Crippen molar-refractivity contribution in [1.82, 2.24) is 5.32 Å². The first-order valence-electron chi connectivity index (χ1n) is 5.51. The standard InChI is InChI=1S/C11H22N2O2S/c1-8(2)6-10(12)11(15)13-9(7-14)4-5-16-3/h7-10H,4-6,12H2,1-3H3,(H,13,15)/t9-,10-/m0/s1. The highest BCUT2D eigenvalue weighted by molar-refractivity contribution is 7.98. The summed E-state index contributed by atoms with van der Waals surface area (Å²) in [4.78, 5) is 22.3. The topological polar surface area (TPSA) is 72.2 Å². The highest BCUT2D eigenvalue weighted by atomic mass is 32.2. The predicted molar refractivity (Wildman–Crippen MR) is 68.4 cm³/mol. The van der Waals surface area contributed by atoms with Crippen molar-refractivity contribution in [3.63, 3.8) is 0 Å². The summed E-state index contributed by atoms with van der Waals surface area (Å²) in [5.41, 5.74) is 5.72. The van der Waals surface area contributed by atoms with Crippen LogP contribution in [0.2, 0.25) is 0 Å². The van der Waals surface area contributed by atoms with E-state index < -0.39 is 12.1 Å². The fourth-order valence-electron chi connectivity index (χ4n) is 1.32. The number of nitrogens with two attached hydrogens (primary N) is 1. The van der Waals surface area contributed by atoms with Crippen LogP contribution in [0.15, 0.2) is 0 Å². The number of nitrogens with one attached hydrogen (secondary N) is 1. The molecule has 0 spiro atoms. The van der Waals surface area contributed by atoms with E-state index in [1.807, 2.05) is 20.1 Å². The maximum absolute atomic E-state index is 11.6. The molecule has 0 rings (SSSR count). The van der Waals surface area contributed by atoms with E-state index in [9.17, 15) is 9.59 Å². The zero-order chi connectivity index (χ0) is 12.6. The molecule has 0 saturated carbocycles. The summed E-state index contributed by atoms with van der Waals surface area (Å²) in [5, 5.41) is 2.66. The summed E-state index contributed by atoms with van der Waals surface area (Å²) in [7, 11) is 0. The fourth-order valence-corrected chi connectivity index (χ4v) is 1.81. The first-order chi connectivity index (χ1) is 7.51. The average Bonchev–Trinajstić information content (AvgIpc) is 2.22. The van der Waals surface area contributed by atoms with E-state index in [4.69, 9.17) is 5.73 Å². The number of aldehydes is 1. The smallest absolute Gasteiger partial charge is 0.237 e. The number of hydrogen-bond acceptors (Lipinski definition) is 4. The van der Waals surface area contributed by atoms with Crippen molar-refractivity contribution < 1.29 is 9.59 Å². The van der Waals surface area contributed by atoms with Crippen molar-refractivity contribution >= 4 is 24.0 Å². The Morgan fingerprint density at radius 1 is 1.50 bits per heavy atom. The minimum absolute atomic E-state index is 0.230. The quantitative estimate of drug-likeness (QED) is 0.621. The molecule has 2 atom stereocenters. The molecule has 4 nitrogen and oxygen atoms in total. The molecule has 0 aromatic carbocycles. The number of amides is 1. The van der Waals surface area contributed by atoms with E-state index in [-0.39, 0.29) is 5.91 Å². The summed E-state index contributed by atoms with van der Waals surface area (Å²) in [6.07, 6.45) is 4.04. The molecule has 0 radical (unpaired) electrons. The van der Waals surface area contributed by atoms with Crippen LogP contribution < -0.4 is 11.1 Å². The van der Waals surface area contributed by atoms with Gasteiger partial charge in [-0.2, -0.15) is 11.8 Å². The maximum atomic E-state index is 11.6. The number of hydrogen-bond donors (Lipinski definition) is 2. The molecule has 0 fully saturated rings. The Kier molecular flexibility index (Phi) is 8.29. The highest BCUT2D eigenvalue weighted by Gasteiger charge is 2.18. The Hall–Kier alpha value is -0.550. The largest absolute Gasteiger partial charge is 0.345 e. The molecule has 16 heavy (non-hydrogen) atoms. The molecule has 5 heteroatoms. The van der Waals surface area contributed by atoms with Crippen LogP contribution in [0.5, 0.6) is 0 Å². The van der Waals surface area contributed by atoms with Crippen LogP contribution in [0.3, 0.4) is 0 Å². The summed E-state index contributed by atoms with van der Waals surface area (Å²) in [6.45, 7) is 4.02. The summed E-state index contributed by atoms with van der Waals surface area (Å²) in [6, 6.07) is -0.921. The Morgan fingerprint density at radius 2 is 2.12 bits per heavy atom. The molecule has 3 N–H and O–H groups in total. The minimum atomic E-state index is -0.517. The normalized spacial score (nSPS) is 14.6. The van der Waals surface area contributed by atoms with Crippen molar-refractivity contribution in [3.05, 3.63) is 0 Å². The van der Waals surface area contributed by atoms with Crippen LogP contribution in [0, 0.1) is 5.92 Å². The second-order valence-corrected chi connectivity index (χ2v) is 5.25. The van der Waals surface area contributed by atoms with Gasteiger partial charge in [-0.3, -0.25) is 4.79 Å². The van der Waals surface area contributed by atoms with Gasteiger partial charge in [-0.1, -0.05) is 13.8 Å². The van der Waals surface area contributed by atoms with Gasteiger partial charge in [0.15, 0.2) is 0 Å². The van der Waals surface area contributed by atoms with Gasteiger partial charge in [-0.25, -0.2) is 0 Å². The lowest BCUT2D eigenvalue weighted by atomic mass is 10.0. The van der Waals surface area contributed by atoms with Crippen molar-refractivity contribution in [3.8, 4) is 0 Å². The third-order valence-electron chi connectivity index (χ3n) is 2.19.